The van der Waals surface area contributed by atoms with Gasteiger partial charge in [-0.3, -0.25) is 5.32 Å². The highest BCUT2D eigenvalue weighted by Crippen LogP contribution is 2.08. The Bertz CT molecular complexity index is 390. The van der Waals surface area contributed by atoms with Crippen LogP contribution in [0.25, 0.3) is 0 Å². The van der Waals surface area contributed by atoms with Crippen molar-refractivity contribution in [1.29, 1.82) is 5.26 Å². The van der Waals surface area contributed by atoms with Gasteiger partial charge >= 0.3 is 0 Å². The summed E-state index contributed by atoms with van der Waals surface area (Å²) >= 11 is 0. The number of nitrogens with zero attached hydrogens (tertiary/aromatic N) is 1. The van der Waals surface area contributed by atoms with Crippen molar-refractivity contribution in [3.8, 4) is 18.4 Å². The van der Waals surface area contributed by atoms with Crippen LogP contribution in [0.5, 0.6) is 0 Å². The Kier molecular flexibility index (Phi) is 2.96. The van der Waals surface area contributed by atoms with Crippen molar-refractivity contribution in [3.63, 3.8) is 0 Å². The molecule has 1 aromatic heterocycles. The van der Waals surface area contributed by atoms with Gasteiger partial charge in [0.1, 0.15) is 11.8 Å². The van der Waals surface area contributed by atoms with E-state index < -0.39 is 0 Å². The molecule has 0 unspecified atom stereocenters. The highest BCUT2D eigenvalue weighted by atomic mass is 16.3. The van der Waals surface area contributed by atoms with Crippen molar-refractivity contribution in [3.05, 3.63) is 23.7 Å². The van der Waals surface area contributed by atoms with Crippen molar-refractivity contribution >= 4 is 0 Å². The molecule has 0 atom stereocenters. The molecule has 3 heteroatoms. The SMILES string of the molecule is C#CC(C)(C)NCc1ccc(C#N)o1. The van der Waals surface area contributed by atoms with Crippen LogP contribution in [-0.4, -0.2) is 5.54 Å². The average molecular weight is 188 g/mol. The molecule has 3 nitrogen and oxygen atoms in total. The summed E-state index contributed by atoms with van der Waals surface area (Å²) in [5, 5.41) is 11.7. The first-order chi connectivity index (χ1) is 6.57. The number of rotatable bonds is 3. The zero-order valence-corrected chi connectivity index (χ0v) is 8.29. The van der Waals surface area contributed by atoms with Gasteiger partial charge in [-0.25, -0.2) is 0 Å². The van der Waals surface area contributed by atoms with Crippen molar-refractivity contribution < 1.29 is 4.42 Å². The van der Waals surface area contributed by atoms with Gasteiger partial charge in [-0.2, -0.15) is 5.26 Å². The number of nitriles is 1. The molecule has 14 heavy (non-hydrogen) atoms. The van der Waals surface area contributed by atoms with Gasteiger partial charge in [0, 0.05) is 0 Å². The molecule has 1 aromatic rings. The van der Waals surface area contributed by atoms with E-state index in [0.717, 1.165) is 0 Å². The fraction of sp³-hybridized carbons (Fsp3) is 0.364. The zero-order chi connectivity index (χ0) is 10.6. The summed E-state index contributed by atoms with van der Waals surface area (Å²) in [4.78, 5) is 0. The average Bonchev–Trinajstić information content (AvgIpc) is 2.63. The molecule has 0 spiro atoms. The number of hydrogen-bond donors (Lipinski definition) is 1. The van der Waals surface area contributed by atoms with Crippen LogP contribution >= 0.6 is 0 Å². The predicted octanol–water partition coefficient (Wildman–Crippen LogP) is 1.65. The van der Waals surface area contributed by atoms with E-state index in [1.165, 1.54) is 0 Å². The summed E-state index contributed by atoms with van der Waals surface area (Å²) in [6.07, 6.45) is 5.31. The maximum absolute atomic E-state index is 8.53. The fourth-order valence-corrected chi connectivity index (χ4v) is 0.892. The molecule has 0 aliphatic heterocycles. The van der Waals surface area contributed by atoms with E-state index in [2.05, 4.69) is 11.2 Å². The Hall–Kier alpha value is -1.71. The van der Waals surface area contributed by atoms with Gasteiger partial charge < -0.3 is 4.42 Å². The van der Waals surface area contributed by atoms with Gasteiger partial charge in [0.25, 0.3) is 0 Å². The van der Waals surface area contributed by atoms with Crippen LogP contribution in [0, 0.1) is 23.7 Å². The molecule has 0 amide bonds. The van der Waals surface area contributed by atoms with Crippen LogP contribution < -0.4 is 5.32 Å². The highest BCUT2D eigenvalue weighted by molar-refractivity contribution is 5.19. The third kappa shape index (κ3) is 2.65. The van der Waals surface area contributed by atoms with Crippen molar-refractivity contribution in [2.75, 3.05) is 0 Å². The van der Waals surface area contributed by atoms with E-state index >= 15 is 0 Å². The minimum Gasteiger partial charge on any atom is -0.449 e. The third-order valence-corrected chi connectivity index (χ3v) is 1.84. The van der Waals surface area contributed by atoms with Crippen LogP contribution in [0.1, 0.15) is 25.4 Å². The monoisotopic (exact) mass is 188 g/mol. The first-order valence-electron chi connectivity index (χ1n) is 4.29. The molecule has 1 rings (SSSR count). The minimum atomic E-state index is -0.362. The number of furan rings is 1. The maximum Gasteiger partial charge on any atom is 0.203 e. The lowest BCUT2D eigenvalue weighted by atomic mass is 10.1. The maximum atomic E-state index is 8.53. The van der Waals surface area contributed by atoms with Gasteiger partial charge in [-0.05, 0) is 26.0 Å². The first-order valence-corrected chi connectivity index (χ1v) is 4.29. The second kappa shape index (κ2) is 4.00. The summed E-state index contributed by atoms with van der Waals surface area (Å²) in [5.41, 5.74) is -0.362. The van der Waals surface area contributed by atoms with Crippen molar-refractivity contribution in [2.45, 2.75) is 25.9 Å². The van der Waals surface area contributed by atoms with Gasteiger partial charge in [-0.15, -0.1) is 6.42 Å². The Labute approximate surface area is 83.7 Å². The molecule has 0 radical (unpaired) electrons. The third-order valence-electron chi connectivity index (χ3n) is 1.84. The van der Waals surface area contributed by atoms with E-state index in [1.807, 2.05) is 19.9 Å². The van der Waals surface area contributed by atoms with E-state index in [9.17, 15) is 0 Å². The van der Waals surface area contributed by atoms with E-state index in [0.29, 0.717) is 18.1 Å². The molecule has 0 bridgehead atoms. The molecule has 1 N–H and O–H groups in total. The summed E-state index contributed by atoms with van der Waals surface area (Å²) in [5.74, 6) is 3.65. The van der Waals surface area contributed by atoms with Crippen LogP contribution in [0.3, 0.4) is 0 Å². The Morgan fingerprint density at radius 1 is 1.57 bits per heavy atom. The lowest BCUT2D eigenvalue weighted by Crippen LogP contribution is -2.36. The van der Waals surface area contributed by atoms with Crippen molar-refractivity contribution in [2.24, 2.45) is 0 Å². The molecule has 0 aliphatic carbocycles. The van der Waals surface area contributed by atoms with E-state index in [-0.39, 0.29) is 5.54 Å². The Balaban J connectivity index is 2.56. The Morgan fingerprint density at radius 2 is 2.29 bits per heavy atom. The lowest BCUT2D eigenvalue weighted by Gasteiger charge is -2.18. The Morgan fingerprint density at radius 3 is 2.79 bits per heavy atom. The molecule has 0 fully saturated rings. The molecule has 0 saturated heterocycles. The number of terminal acetylenes is 1. The molecular weight excluding hydrogens is 176 g/mol. The standard InChI is InChI=1S/C11H12N2O/c1-4-11(2,3)13-8-10-6-5-9(7-12)14-10/h1,5-6,13H,8H2,2-3H3. The summed E-state index contributed by atoms with van der Waals surface area (Å²) in [6, 6.07) is 5.32. The van der Waals surface area contributed by atoms with Gasteiger partial charge in [0.15, 0.2) is 0 Å². The molecule has 0 saturated carbocycles. The topological polar surface area (TPSA) is 49.0 Å². The first kappa shape index (κ1) is 10.4. The molecule has 0 aromatic carbocycles. The quantitative estimate of drug-likeness (QED) is 0.734. The lowest BCUT2D eigenvalue weighted by molar-refractivity contribution is 0.424. The highest BCUT2D eigenvalue weighted by Gasteiger charge is 2.13. The van der Waals surface area contributed by atoms with Crippen LogP contribution in [-0.2, 0) is 6.54 Å². The number of hydrogen-bond acceptors (Lipinski definition) is 3. The summed E-state index contributed by atoms with van der Waals surface area (Å²) in [7, 11) is 0. The number of nitrogens with one attached hydrogen (secondary N) is 1. The fourth-order valence-electron chi connectivity index (χ4n) is 0.892. The van der Waals surface area contributed by atoms with Crippen LogP contribution in [0.4, 0.5) is 0 Å². The van der Waals surface area contributed by atoms with Crippen molar-refractivity contribution in [1.82, 2.24) is 5.32 Å². The summed E-state index contributed by atoms with van der Waals surface area (Å²) < 4.78 is 5.18. The zero-order valence-electron chi connectivity index (χ0n) is 8.29. The molecule has 0 aliphatic rings. The molecule has 72 valence electrons. The van der Waals surface area contributed by atoms with Crippen LogP contribution in [0.2, 0.25) is 0 Å². The molecule has 1 heterocycles. The largest absolute Gasteiger partial charge is 0.449 e. The van der Waals surface area contributed by atoms with Crippen LogP contribution in [0.15, 0.2) is 16.5 Å². The van der Waals surface area contributed by atoms with Gasteiger partial charge in [-0.1, -0.05) is 5.92 Å². The second-order valence-electron chi connectivity index (χ2n) is 3.50. The summed E-state index contributed by atoms with van der Waals surface area (Å²) in [6.45, 7) is 4.33. The normalized spacial score (nSPS) is 10.6. The molecular formula is C11H12N2O. The van der Waals surface area contributed by atoms with E-state index in [1.54, 1.807) is 12.1 Å². The van der Waals surface area contributed by atoms with Gasteiger partial charge in [0.2, 0.25) is 5.76 Å². The minimum absolute atomic E-state index is 0.320. The second-order valence-corrected chi connectivity index (χ2v) is 3.50. The van der Waals surface area contributed by atoms with E-state index in [4.69, 9.17) is 16.1 Å². The van der Waals surface area contributed by atoms with Gasteiger partial charge in [0.05, 0.1) is 12.1 Å². The predicted molar refractivity (Wildman–Crippen MR) is 53.2 cm³/mol. The smallest absolute Gasteiger partial charge is 0.203 e.